The lowest BCUT2D eigenvalue weighted by molar-refractivity contribution is -0.114. The average Bonchev–Trinajstić information content (AvgIpc) is 2.82. The lowest BCUT2D eigenvalue weighted by atomic mass is 9.70. The second-order valence-electron chi connectivity index (χ2n) is 15.3. The molecule has 0 aliphatic heterocycles. The lowest BCUT2D eigenvalue weighted by Crippen LogP contribution is -2.28. The molecule has 2 heteroatoms. The third-order valence-electron chi connectivity index (χ3n) is 7.54. The molecule has 0 N–H and O–H groups in total. The summed E-state index contributed by atoms with van der Waals surface area (Å²) < 4.78 is 0. The third-order valence-corrected chi connectivity index (χ3v) is 7.54. The SMILES string of the molecule is C#Cc1cc(C#C)cc(C(=C2C=C(C(C)(C)C)C(=O)C(C(C)(C)C)=C2)c2cc(C(C)(C)C)c([O])c(C(C)(C)C)c2)c1. The second kappa shape index (κ2) is 10.6. The van der Waals surface area contributed by atoms with E-state index in [-0.39, 0.29) is 33.2 Å². The van der Waals surface area contributed by atoms with E-state index in [1.54, 1.807) is 0 Å². The first-order chi connectivity index (χ1) is 18.6. The van der Waals surface area contributed by atoms with Crippen molar-refractivity contribution in [2.45, 2.75) is 93.9 Å². The van der Waals surface area contributed by atoms with Crippen LogP contribution in [0, 0.1) is 35.5 Å². The summed E-state index contributed by atoms with van der Waals surface area (Å²) in [5.74, 6) is 5.63. The van der Waals surface area contributed by atoms with Gasteiger partial charge in [0.15, 0.2) is 11.5 Å². The topological polar surface area (TPSA) is 37.0 Å². The summed E-state index contributed by atoms with van der Waals surface area (Å²) in [5, 5.41) is 13.8. The maximum Gasteiger partial charge on any atom is 0.186 e. The van der Waals surface area contributed by atoms with Gasteiger partial charge in [0.05, 0.1) is 0 Å². The zero-order valence-electron chi connectivity index (χ0n) is 27.0. The van der Waals surface area contributed by atoms with Crippen molar-refractivity contribution in [2.24, 2.45) is 10.8 Å². The molecule has 0 saturated carbocycles. The van der Waals surface area contributed by atoms with Crippen LogP contribution in [0.4, 0.5) is 0 Å². The Morgan fingerprint density at radius 1 is 0.585 bits per heavy atom. The molecule has 41 heavy (non-hydrogen) atoms. The van der Waals surface area contributed by atoms with Gasteiger partial charge in [0.25, 0.3) is 0 Å². The third kappa shape index (κ3) is 6.60. The Bertz CT molecular complexity index is 1470. The van der Waals surface area contributed by atoms with Gasteiger partial charge in [-0.1, -0.05) is 94.9 Å². The molecule has 0 fully saturated rings. The van der Waals surface area contributed by atoms with Crippen LogP contribution in [0.1, 0.15) is 116 Å². The van der Waals surface area contributed by atoms with Crippen LogP contribution in [0.5, 0.6) is 5.75 Å². The molecule has 0 atom stereocenters. The largest absolute Gasteiger partial charge is 0.289 e. The number of terminal acetylenes is 2. The van der Waals surface area contributed by atoms with Crippen LogP contribution in [0.15, 0.2) is 59.2 Å². The number of benzene rings is 2. The number of carbonyl (C=O) groups is 1. The number of allylic oxidation sites excluding steroid dienone is 5. The molecule has 2 aromatic rings. The highest BCUT2D eigenvalue weighted by Gasteiger charge is 2.35. The summed E-state index contributed by atoms with van der Waals surface area (Å²) in [5.41, 5.74) is 6.35. The fraction of sp³-hybridized carbons (Fsp3) is 0.410. The molecule has 0 spiro atoms. The van der Waals surface area contributed by atoms with E-state index in [4.69, 9.17) is 12.8 Å². The quantitative estimate of drug-likeness (QED) is 0.346. The van der Waals surface area contributed by atoms with Crippen molar-refractivity contribution in [3.05, 3.63) is 92.6 Å². The van der Waals surface area contributed by atoms with Gasteiger partial charge >= 0.3 is 0 Å². The second-order valence-corrected chi connectivity index (χ2v) is 15.3. The molecule has 1 aliphatic rings. The van der Waals surface area contributed by atoms with Crippen molar-refractivity contribution in [2.75, 3.05) is 0 Å². The summed E-state index contributed by atoms with van der Waals surface area (Å²) in [6, 6.07) is 9.79. The van der Waals surface area contributed by atoms with Crippen molar-refractivity contribution in [1.29, 1.82) is 0 Å². The van der Waals surface area contributed by atoms with Gasteiger partial charge in [-0.3, -0.25) is 9.90 Å². The minimum Gasteiger partial charge on any atom is -0.289 e. The van der Waals surface area contributed by atoms with Gasteiger partial charge in [0.2, 0.25) is 0 Å². The van der Waals surface area contributed by atoms with Crippen LogP contribution in [-0.4, -0.2) is 5.78 Å². The molecule has 1 radical (unpaired) electrons. The van der Waals surface area contributed by atoms with Crippen molar-refractivity contribution in [3.8, 4) is 30.4 Å². The predicted molar refractivity (Wildman–Crippen MR) is 172 cm³/mol. The van der Waals surface area contributed by atoms with Crippen LogP contribution >= 0.6 is 0 Å². The van der Waals surface area contributed by atoms with Crippen LogP contribution in [0.25, 0.3) is 5.57 Å². The minimum absolute atomic E-state index is 0.0652. The highest BCUT2D eigenvalue weighted by Crippen LogP contribution is 2.45. The first kappa shape index (κ1) is 31.8. The van der Waals surface area contributed by atoms with E-state index in [0.717, 1.165) is 44.5 Å². The average molecular weight is 546 g/mol. The number of carbonyl (C=O) groups excluding carboxylic acids is 1. The van der Waals surface area contributed by atoms with Gasteiger partial charge in [-0.05, 0) is 86.4 Å². The summed E-state index contributed by atoms with van der Waals surface area (Å²) >= 11 is 0. The number of ketones is 1. The van der Waals surface area contributed by atoms with Gasteiger partial charge in [0, 0.05) is 33.4 Å². The van der Waals surface area contributed by atoms with Crippen LogP contribution in [0.3, 0.4) is 0 Å². The summed E-state index contributed by atoms with van der Waals surface area (Å²) in [4.78, 5) is 13.8. The molecule has 0 bridgehead atoms. The fourth-order valence-electron chi connectivity index (χ4n) is 5.21. The Hall–Kier alpha value is -3.75. The smallest absolute Gasteiger partial charge is 0.186 e. The van der Waals surface area contributed by atoms with E-state index in [1.165, 1.54) is 0 Å². The molecule has 0 aromatic heterocycles. The van der Waals surface area contributed by atoms with E-state index < -0.39 is 0 Å². The normalized spacial score (nSPS) is 14.7. The van der Waals surface area contributed by atoms with Crippen LogP contribution in [-0.2, 0) is 20.7 Å². The Morgan fingerprint density at radius 3 is 1.27 bits per heavy atom. The number of hydrogen-bond acceptors (Lipinski definition) is 1. The summed E-state index contributed by atoms with van der Waals surface area (Å²) in [6.45, 7) is 24.8. The van der Waals surface area contributed by atoms with E-state index >= 15 is 0 Å². The molecule has 0 amide bonds. The maximum atomic E-state index is 13.8. The Kier molecular flexibility index (Phi) is 8.20. The zero-order valence-corrected chi connectivity index (χ0v) is 27.0. The van der Waals surface area contributed by atoms with Gasteiger partial charge in [-0.2, -0.15) is 0 Å². The predicted octanol–water partition coefficient (Wildman–Crippen LogP) is 9.72. The summed E-state index contributed by atoms with van der Waals surface area (Å²) in [6.07, 6.45) is 15.8. The van der Waals surface area contributed by atoms with Crippen molar-refractivity contribution < 1.29 is 9.90 Å². The molecular weight excluding hydrogens is 500 g/mol. The molecule has 1 aliphatic carbocycles. The zero-order chi connectivity index (χ0) is 31.3. The molecular formula is C39H45O2. The van der Waals surface area contributed by atoms with E-state index in [0.29, 0.717) is 11.1 Å². The highest BCUT2D eigenvalue weighted by molar-refractivity contribution is 6.12. The standard InChI is InChI=1S/C39H45O2/c1-15-24-17-25(16-2)19-26(18-24)33(27-20-29(36(3,4)5)34(40)30(21-27)37(6,7)8)28-22-31(38(9,10)11)35(41)32(23-28)39(12,13)14/h1-2,17-23H,3-14H3. The van der Waals surface area contributed by atoms with Gasteiger partial charge in [-0.15, -0.1) is 12.8 Å². The van der Waals surface area contributed by atoms with Gasteiger partial charge in [-0.25, -0.2) is 0 Å². The molecule has 2 nitrogen and oxygen atoms in total. The number of Topliss-reactive ketones (excluding diaryl/α,β-unsaturated/α-hetero) is 1. The maximum absolute atomic E-state index is 13.8. The molecule has 0 saturated heterocycles. The molecule has 3 rings (SSSR count). The van der Waals surface area contributed by atoms with Crippen LogP contribution < -0.4 is 0 Å². The monoisotopic (exact) mass is 545 g/mol. The minimum atomic E-state index is -0.380. The molecule has 0 unspecified atom stereocenters. The molecule has 2 aromatic carbocycles. The highest BCUT2D eigenvalue weighted by atomic mass is 16.3. The number of hydrogen-bond donors (Lipinski definition) is 0. The first-order valence-electron chi connectivity index (χ1n) is 14.3. The lowest BCUT2D eigenvalue weighted by Gasteiger charge is -2.32. The first-order valence-corrected chi connectivity index (χ1v) is 14.3. The van der Waals surface area contributed by atoms with Crippen LogP contribution in [0.2, 0.25) is 0 Å². The van der Waals surface area contributed by atoms with E-state index in [2.05, 4.69) is 94.9 Å². The summed E-state index contributed by atoms with van der Waals surface area (Å²) in [7, 11) is 0. The molecule has 0 heterocycles. The van der Waals surface area contributed by atoms with Crippen molar-refractivity contribution in [1.82, 2.24) is 0 Å². The van der Waals surface area contributed by atoms with Gasteiger partial charge < -0.3 is 0 Å². The molecule has 213 valence electrons. The number of rotatable bonds is 2. The Balaban J connectivity index is 2.68. The Labute approximate surface area is 248 Å². The Morgan fingerprint density at radius 2 is 0.951 bits per heavy atom. The van der Waals surface area contributed by atoms with Crippen molar-refractivity contribution >= 4 is 11.4 Å². The van der Waals surface area contributed by atoms with Crippen molar-refractivity contribution in [3.63, 3.8) is 0 Å². The van der Waals surface area contributed by atoms with Gasteiger partial charge in [0.1, 0.15) is 0 Å². The fourth-order valence-corrected chi connectivity index (χ4v) is 5.21. The van der Waals surface area contributed by atoms with E-state index in [9.17, 15) is 9.90 Å². The van der Waals surface area contributed by atoms with E-state index in [1.807, 2.05) is 42.5 Å².